The van der Waals surface area contributed by atoms with E-state index in [2.05, 4.69) is 50.2 Å². The van der Waals surface area contributed by atoms with Gasteiger partial charge in [0.1, 0.15) is 0 Å². The van der Waals surface area contributed by atoms with Crippen molar-refractivity contribution in [2.24, 2.45) is 5.73 Å². The van der Waals surface area contributed by atoms with Gasteiger partial charge in [-0.1, -0.05) is 43.3 Å². The number of aryl methyl sites for hydroxylation is 1. The van der Waals surface area contributed by atoms with Gasteiger partial charge >= 0.3 is 0 Å². The summed E-state index contributed by atoms with van der Waals surface area (Å²) < 4.78 is 0. The highest BCUT2D eigenvalue weighted by Gasteiger charge is 2.08. The third kappa shape index (κ3) is 2.10. The van der Waals surface area contributed by atoms with Gasteiger partial charge < -0.3 is 5.73 Å². The highest BCUT2D eigenvalue weighted by Crippen LogP contribution is 2.23. The molecule has 2 N–H and O–H groups in total. The second-order valence-electron chi connectivity index (χ2n) is 4.45. The van der Waals surface area contributed by atoms with Crippen molar-refractivity contribution in [3.8, 4) is 0 Å². The molecule has 0 amide bonds. The molecule has 2 aromatic carbocycles. The molecule has 1 unspecified atom stereocenters. The van der Waals surface area contributed by atoms with Crippen molar-refractivity contribution in [3.63, 3.8) is 0 Å². The van der Waals surface area contributed by atoms with Crippen molar-refractivity contribution in [2.45, 2.75) is 32.7 Å². The van der Waals surface area contributed by atoms with Crippen molar-refractivity contribution >= 4 is 10.8 Å². The van der Waals surface area contributed by atoms with Crippen LogP contribution in [0.2, 0.25) is 0 Å². The zero-order valence-electron chi connectivity index (χ0n) is 10.0. The van der Waals surface area contributed by atoms with Crippen LogP contribution in [0.15, 0.2) is 36.4 Å². The summed E-state index contributed by atoms with van der Waals surface area (Å²) >= 11 is 0. The van der Waals surface area contributed by atoms with Gasteiger partial charge in [-0.2, -0.15) is 0 Å². The highest BCUT2D eigenvalue weighted by molar-refractivity contribution is 5.86. The lowest BCUT2D eigenvalue weighted by molar-refractivity contribution is 0.647. The molecule has 0 aliphatic carbocycles. The zero-order chi connectivity index (χ0) is 11.5. The second-order valence-corrected chi connectivity index (χ2v) is 4.45. The van der Waals surface area contributed by atoms with Gasteiger partial charge in [-0.05, 0) is 41.7 Å². The molecule has 0 aromatic heterocycles. The number of rotatable bonds is 3. The Bertz CT molecular complexity index is 488. The fourth-order valence-corrected chi connectivity index (χ4v) is 2.12. The Balaban J connectivity index is 2.52. The summed E-state index contributed by atoms with van der Waals surface area (Å²) in [7, 11) is 0. The van der Waals surface area contributed by atoms with E-state index in [4.69, 9.17) is 5.73 Å². The van der Waals surface area contributed by atoms with Crippen molar-refractivity contribution in [3.05, 3.63) is 47.5 Å². The lowest BCUT2D eigenvalue weighted by Gasteiger charge is -2.14. The van der Waals surface area contributed by atoms with Crippen LogP contribution in [0.1, 0.15) is 24.5 Å². The van der Waals surface area contributed by atoms with E-state index in [9.17, 15) is 0 Å². The van der Waals surface area contributed by atoms with Crippen LogP contribution in [-0.2, 0) is 6.42 Å². The smallest absolute Gasteiger partial charge is 0.00770 e. The van der Waals surface area contributed by atoms with E-state index in [1.165, 1.54) is 21.9 Å². The fraction of sp³-hybridized carbons (Fsp3) is 0.333. The molecular formula is C15H19N. The monoisotopic (exact) mass is 213 g/mol. The van der Waals surface area contributed by atoms with E-state index < -0.39 is 0 Å². The second kappa shape index (κ2) is 4.67. The summed E-state index contributed by atoms with van der Waals surface area (Å²) in [6.07, 6.45) is 2.01. The first-order valence-corrected chi connectivity index (χ1v) is 5.95. The predicted octanol–water partition coefficient (Wildman–Crippen LogP) is 3.43. The van der Waals surface area contributed by atoms with E-state index >= 15 is 0 Å². The number of hydrogen-bond acceptors (Lipinski definition) is 1. The van der Waals surface area contributed by atoms with Crippen LogP contribution < -0.4 is 5.73 Å². The highest BCUT2D eigenvalue weighted by atomic mass is 14.6. The van der Waals surface area contributed by atoms with Gasteiger partial charge in [0, 0.05) is 6.04 Å². The molecule has 0 aliphatic heterocycles. The van der Waals surface area contributed by atoms with Gasteiger partial charge in [0.15, 0.2) is 0 Å². The molecule has 2 aromatic rings. The van der Waals surface area contributed by atoms with Crippen LogP contribution in [0.5, 0.6) is 0 Å². The SMILES string of the molecule is CCC(N)Cc1c(C)ccc2ccccc12. The van der Waals surface area contributed by atoms with Gasteiger partial charge in [0.2, 0.25) is 0 Å². The Hall–Kier alpha value is -1.34. The third-order valence-corrected chi connectivity index (χ3v) is 3.27. The molecule has 84 valence electrons. The molecule has 0 radical (unpaired) electrons. The van der Waals surface area contributed by atoms with E-state index in [1.807, 2.05) is 0 Å². The van der Waals surface area contributed by atoms with Gasteiger partial charge in [0.05, 0.1) is 0 Å². The van der Waals surface area contributed by atoms with Crippen LogP contribution >= 0.6 is 0 Å². The van der Waals surface area contributed by atoms with Gasteiger partial charge in [-0.3, -0.25) is 0 Å². The Labute approximate surface area is 97.3 Å². The molecule has 1 atom stereocenters. The van der Waals surface area contributed by atoms with Crippen molar-refractivity contribution in [1.29, 1.82) is 0 Å². The summed E-state index contributed by atoms with van der Waals surface area (Å²) in [5.74, 6) is 0. The molecular weight excluding hydrogens is 194 g/mol. The molecule has 16 heavy (non-hydrogen) atoms. The van der Waals surface area contributed by atoms with Crippen LogP contribution in [0.3, 0.4) is 0 Å². The summed E-state index contributed by atoms with van der Waals surface area (Å²) in [4.78, 5) is 0. The Morgan fingerprint density at radius 2 is 1.88 bits per heavy atom. The maximum atomic E-state index is 6.06. The molecule has 0 fully saturated rings. The largest absolute Gasteiger partial charge is 0.327 e. The van der Waals surface area contributed by atoms with Crippen LogP contribution in [0.25, 0.3) is 10.8 Å². The van der Waals surface area contributed by atoms with Crippen LogP contribution in [0.4, 0.5) is 0 Å². The summed E-state index contributed by atoms with van der Waals surface area (Å²) in [6.45, 7) is 4.31. The summed E-state index contributed by atoms with van der Waals surface area (Å²) in [5, 5.41) is 2.66. The quantitative estimate of drug-likeness (QED) is 0.830. The van der Waals surface area contributed by atoms with E-state index in [-0.39, 0.29) is 6.04 Å². The molecule has 0 saturated carbocycles. The summed E-state index contributed by atoms with van der Waals surface area (Å²) in [5.41, 5.74) is 8.82. The zero-order valence-corrected chi connectivity index (χ0v) is 10.0. The third-order valence-electron chi connectivity index (χ3n) is 3.27. The van der Waals surface area contributed by atoms with Gasteiger partial charge in [-0.25, -0.2) is 0 Å². The number of hydrogen-bond donors (Lipinski definition) is 1. The first-order chi connectivity index (χ1) is 7.72. The first-order valence-electron chi connectivity index (χ1n) is 5.95. The lowest BCUT2D eigenvalue weighted by Crippen LogP contribution is -2.22. The Kier molecular flexibility index (Phi) is 3.25. The average Bonchev–Trinajstić information content (AvgIpc) is 2.32. The summed E-state index contributed by atoms with van der Waals surface area (Å²) in [6, 6.07) is 13.2. The Morgan fingerprint density at radius 1 is 1.12 bits per heavy atom. The molecule has 0 heterocycles. The molecule has 2 rings (SSSR count). The molecule has 0 aliphatic rings. The Morgan fingerprint density at radius 3 is 2.62 bits per heavy atom. The minimum absolute atomic E-state index is 0.268. The molecule has 1 heteroatoms. The molecule has 1 nitrogen and oxygen atoms in total. The van der Waals surface area contributed by atoms with Gasteiger partial charge in [-0.15, -0.1) is 0 Å². The average molecular weight is 213 g/mol. The topological polar surface area (TPSA) is 26.0 Å². The molecule has 0 saturated heterocycles. The normalized spacial score (nSPS) is 12.9. The van der Waals surface area contributed by atoms with Crippen LogP contribution in [0, 0.1) is 6.92 Å². The minimum Gasteiger partial charge on any atom is -0.327 e. The van der Waals surface area contributed by atoms with Gasteiger partial charge in [0.25, 0.3) is 0 Å². The van der Waals surface area contributed by atoms with E-state index in [0.29, 0.717) is 0 Å². The maximum absolute atomic E-state index is 6.06. The first kappa shape index (κ1) is 11.2. The van der Waals surface area contributed by atoms with Crippen molar-refractivity contribution in [2.75, 3.05) is 0 Å². The van der Waals surface area contributed by atoms with Crippen molar-refractivity contribution in [1.82, 2.24) is 0 Å². The van der Waals surface area contributed by atoms with Crippen molar-refractivity contribution < 1.29 is 0 Å². The van der Waals surface area contributed by atoms with Crippen LogP contribution in [-0.4, -0.2) is 6.04 Å². The lowest BCUT2D eigenvalue weighted by atomic mass is 9.94. The van der Waals surface area contributed by atoms with E-state index in [0.717, 1.165) is 12.8 Å². The molecule has 0 bridgehead atoms. The standard InChI is InChI=1S/C15H19N/c1-3-13(16)10-15-11(2)8-9-12-6-4-5-7-14(12)15/h4-9,13H,3,10,16H2,1-2H3. The number of nitrogens with two attached hydrogens (primary N) is 1. The number of fused-ring (bicyclic) bond motifs is 1. The molecule has 0 spiro atoms. The maximum Gasteiger partial charge on any atom is 0.00770 e. The van der Waals surface area contributed by atoms with E-state index in [1.54, 1.807) is 0 Å². The minimum atomic E-state index is 0.268. The predicted molar refractivity (Wildman–Crippen MR) is 70.7 cm³/mol. The fourth-order valence-electron chi connectivity index (χ4n) is 2.12. The number of benzene rings is 2.